The number of benzene rings is 2. The predicted octanol–water partition coefficient (Wildman–Crippen LogP) is 2.24. The Hall–Kier alpha value is -4.84. The van der Waals surface area contributed by atoms with Gasteiger partial charge in [-0.05, 0) is 49.4 Å². The summed E-state index contributed by atoms with van der Waals surface area (Å²) in [7, 11) is 3.49. The van der Waals surface area contributed by atoms with Crippen LogP contribution in [0.25, 0.3) is 0 Å². The number of nitrogens with one attached hydrogen (secondary N) is 1. The second-order valence-corrected chi connectivity index (χ2v) is 11.1. The Labute approximate surface area is 240 Å². The van der Waals surface area contributed by atoms with Crippen molar-refractivity contribution >= 4 is 29.3 Å². The standard InChI is InChI=1S/C30H31N3O9/c1-13-4-6-17(7-5-13)42-29(40)32-12-15-10-19(33(2)3)18-9-14-8-16-11-20(34)23(28(31)39)27(38)30(16,41)26(37)21(14)25(36)22(18)24(15)35/h4-7,10,14,16,34-35,37,41H,8-9,11-12H2,1-3H3,(H2,31,39)(H,32,40)/t14-,16+,30+/m1/s1. The quantitative estimate of drug-likeness (QED) is 0.286. The van der Waals surface area contributed by atoms with Crippen LogP contribution < -0.4 is 20.7 Å². The number of phenols is 1. The Morgan fingerprint density at radius 2 is 1.79 bits per heavy atom. The Morgan fingerprint density at radius 3 is 2.40 bits per heavy atom. The van der Waals surface area contributed by atoms with E-state index in [9.17, 15) is 39.6 Å². The molecule has 220 valence electrons. The monoisotopic (exact) mass is 577 g/mol. The molecular weight excluding hydrogens is 546 g/mol. The smallest absolute Gasteiger partial charge is 0.412 e. The van der Waals surface area contributed by atoms with Crippen LogP contribution in [-0.2, 0) is 22.6 Å². The van der Waals surface area contributed by atoms with Gasteiger partial charge in [-0.15, -0.1) is 0 Å². The maximum absolute atomic E-state index is 13.9. The van der Waals surface area contributed by atoms with Crippen LogP contribution in [0.3, 0.4) is 0 Å². The molecule has 3 aliphatic rings. The summed E-state index contributed by atoms with van der Waals surface area (Å²) in [6, 6.07) is 8.47. The van der Waals surface area contributed by atoms with Crippen molar-refractivity contribution in [2.45, 2.75) is 38.3 Å². The first-order valence-corrected chi connectivity index (χ1v) is 13.3. The average molecular weight is 578 g/mol. The lowest BCUT2D eigenvalue weighted by Crippen LogP contribution is -2.57. The number of fused-ring (bicyclic) bond motifs is 3. The number of ketones is 2. The minimum Gasteiger partial charge on any atom is -0.511 e. The van der Waals surface area contributed by atoms with Crippen LogP contribution in [-0.4, -0.2) is 63.7 Å². The topological polar surface area (TPSA) is 200 Å². The van der Waals surface area contributed by atoms with Gasteiger partial charge in [0.15, 0.2) is 11.4 Å². The SMILES string of the molecule is Cc1ccc(OC(=O)NCc2cc(N(C)C)c3c(c2O)C(=O)C2=C(O)[C@]4(O)C(=O)C(C(N)=O)=C(O)C[C@@H]4C[C@@H]2C3)cc1. The number of Topliss-reactive ketones (excluding diaryl/α,β-unsaturated/α-hetero) is 2. The molecule has 12 heteroatoms. The maximum atomic E-state index is 13.9. The van der Waals surface area contributed by atoms with E-state index in [1.807, 2.05) is 6.92 Å². The number of nitrogens with two attached hydrogens (primary N) is 1. The van der Waals surface area contributed by atoms with E-state index in [1.165, 1.54) is 0 Å². The molecule has 0 aromatic heterocycles. The van der Waals surface area contributed by atoms with E-state index in [-0.39, 0.29) is 42.5 Å². The number of aliphatic hydroxyl groups excluding tert-OH is 2. The first-order chi connectivity index (χ1) is 19.7. The third-order valence-corrected chi connectivity index (χ3v) is 8.25. The third kappa shape index (κ3) is 4.44. The fourth-order valence-electron chi connectivity index (χ4n) is 6.17. The number of nitrogens with zero attached hydrogens (tertiary/aromatic N) is 1. The van der Waals surface area contributed by atoms with Gasteiger partial charge in [0.1, 0.15) is 28.6 Å². The second-order valence-electron chi connectivity index (χ2n) is 11.1. The van der Waals surface area contributed by atoms with Crippen LogP contribution in [0.2, 0.25) is 0 Å². The molecule has 0 radical (unpaired) electrons. The van der Waals surface area contributed by atoms with Crippen molar-refractivity contribution < 1.29 is 44.3 Å². The van der Waals surface area contributed by atoms with Gasteiger partial charge in [0.25, 0.3) is 5.91 Å². The second kappa shape index (κ2) is 10.2. The number of amides is 2. The Morgan fingerprint density at radius 1 is 1.12 bits per heavy atom. The molecule has 0 saturated heterocycles. The number of carbonyl (C=O) groups is 4. The largest absolute Gasteiger partial charge is 0.511 e. The number of carbonyl (C=O) groups excluding carboxylic acids is 4. The van der Waals surface area contributed by atoms with Gasteiger partial charge in [0.05, 0.1) is 5.56 Å². The van der Waals surface area contributed by atoms with Crippen LogP contribution in [0.1, 0.15) is 39.9 Å². The van der Waals surface area contributed by atoms with E-state index in [0.29, 0.717) is 17.0 Å². The Balaban J connectivity index is 1.52. The molecule has 2 amide bonds. The number of allylic oxidation sites excluding steroid dienone is 2. The minimum absolute atomic E-state index is 0.0324. The minimum atomic E-state index is -2.64. The van der Waals surface area contributed by atoms with Crippen LogP contribution >= 0.6 is 0 Å². The summed E-state index contributed by atoms with van der Waals surface area (Å²) in [5.74, 6) is -6.65. The van der Waals surface area contributed by atoms with E-state index in [2.05, 4.69) is 5.32 Å². The zero-order valence-electron chi connectivity index (χ0n) is 23.2. The first-order valence-electron chi connectivity index (χ1n) is 13.3. The van der Waals surface area contributed by atoms with E-state index in [1.54, 1.807) is 49.3 Å². The molecule has 0 spiro atoms. The summed E-state index contributed by atoms with van der Waals surface area (Å²) in [5.41, 5.74) is 3.62. The lowest BCUT2D eigenvalue weighted by Gasteiger charge is -2.46. The lowest BCUT2D eigenvalue weighted by molar-refractivity contribution is -0.144. The van der Waals surface area contributed by atoms with Crippen molar-refractivity contribution in [3.63, 3.8) is 0 Å². The van der Waals surface area contributed by atoms with Gasteiger partial charge < -0.3 is 41.1 Å². The fourth-order valence-corrected chi connectivity index (χ4v) is 6.17. The normalized spacial score (nSPS) is 23.1. The van der Waals surface area contributed by atoms with E-state index in [0.717, 1.165) is 5.56 Å². The van der Waals surface area contributed by atoms with Crippen LogP contribution in [0, 0.1) is 18.8 Å². The van der Waals surface area contributed by atoms with E-state index >= 15 is 0 Å². The molecule has 2 aromatic rings. The van der Waals surface area contributed by atoms with Gasteiger partial charge in [0.2, 0.25) is 5.78 Å². The molecule has 0 unspecified atom stereocenters. The van der Waals surface area contributed by atoms with Crippen molar-refractivity contribution in [2.75, 3.05) is 19.0 Å². The molecule has 0 aliphatic heterocycles. The predicted molar refractivity (Wildman–Crippen MR) is 149 cm³/mol. The number of aryl methyl sites for hydroxylation is 1. The number of aromatic hydroxyl groups is 1. The molecule has 2 aromatic carbocycles. The Bertz CT molecular complexity index is 1610. The molecule has 0 heterocycles. The molecule has 5 rings (SSSR count). The number of hydrogen-bond acceptors (Lipinski definition) is 10. The van der Waals surface area contributed by atoms with Crippen molar-refractivity contribution in [3.05, 3.63) is 75.3 Å². The highest BCUT2D eigenvalue weighted by Crippen LogP contribution is 2.52. The average Bonchev–Trinajstić information content (AvgIpc) is 2.91. The van der Waals surface area contributed by atoms with Crippen molar-refractivity contribution in [1.29, 1.82) is 0 Å². The summed E-state index contributed by atoms with van der Waals surface area (Å²) >= 11 is 0. The molecule has 0 saturated carbocycles. The molecule has 0 fully saturated rings. The van der Waals surface area contributed by atoms with E-state index < -0.39 is 63.8 Å². The van der Waals surface area contributed by atoms with Gasteiger partial charge in [-0.1, -0.05) is 17.7 Å². The number of rotatable bonds is 5. The number of hydrogen-bond donors (Lipinski definition) is 6. The first kappa shape index (κ1) is 28.7. The summed E-state index contributed by atoms with van der Waals surface area (Å²) in [5, 5.41) is 46.8. The summed E-state index contributed by atoms with van der Waals surface area (Å²) < 4.78 is 5.27. The van der Waals surface area contributed by atoms with Crippen LogP contribution in [0.15, 0.2) is 53.0 Å². The number of anilines is 1. The zero-order chi connectivity index (χ0) is 30.7. The number of phenolic OH excluding ortho intramolecular Hbond substituents is 1. The molecular formula is C30H31N3O9. The molecule has 3 atom stereocenters. The van der Waals surface area contributed by atoms with Gasteiger partial charge in [-0.3, -0.25) is 14.4 Å². The van der Waals surface area contributed by atoms with Gasteiger partial charge >= 0.3 is 6.09 Å². The highest BCUT2D eigenvalue weighted by atomic mass is 16.6. The molecule has 12 nitrogen and oxygen atoms in total. The highest BCUT2D eigenvalue weighted by molar-refractivity contribution is 6.24. The van der Waals surface area contributed by atoms with Crippen molar-refractivity contribution in [1.82, 2.24) is 5.32 Å². The number of primary amides is 1. The molecule has 3 aliphatic carbocycles. The fraction of sp³-hybridized carbons (Fsp3) is 0.333. The van der Waals surface area contributed by atoms with Gasteiger partial charge in [-0.2, -0.15) is 0 Å². The van der Waals surface area contributed by atoms with E-state index in [4.69, 9.17) is 10.5 Å². The van der Waals surface area contributed by atoms with Gasteiger partial charge in [-0.25, -0.2) is 4.79 Å². The number of ether oxygens (including phenoxy) is 1. The summed E-state index contributed by atoms with van der Waals surface area (Å²) in [6.07, 6.45) is -0.888. The summed E-state index contributed by atoms with van der Waals surface area (Å²) in [6.45, 7) is 1.69. The zero-order valence-corrected chi connectivity index (χ0v) is 23.2. The van der Waals surface area contributed by atoms with Crippen LogP contribution in [0.4, 0.5) is 10.5 Å². The number of aliphatic hydroxyl groups is 3. The highest BCUT2D eigenvalue weighted by Gasteiger charge is 2.59. The Kier molecular flexibility index (Phi) is 6.97. The molecule has 42 heavy (non-hydrogen) atoms. The summed E-state index contributed by atoms with van der Waals surface area (Å²) in [4.78, 5) is 53.1. The third-order valence-electron chi connectivity index (χ3n) is 8.25. The van der Waals surface area contributed by atoms with Crippen LogP contribution in [0.5, 0.6) is 11.5 Å². The molecule has 7 N–H and O–H groups in total. The molecule has 0 bridgehead atoms. The van der Waals surface area contributed by atoms with Crippen molar-refractivity contribution in [3.8, 4) is 11.5 Å². The lowest BCUT2D eigenvalue weighted by atomic mass is 9.60. The maximum Gasteiger partial charge on any atom is 0.412 e. The van der Waals surface area contributed by atoms with Crippen molar-refractivity contribution in [2.24, 2.45) is 17.6 Å². The van der Waals surface area contributed by atoms with Gasteiger partial charge in [0, 0.05) is 49.8 Å².